The molecule has 0 spiro atoms. The molecule has 4 unspecified atom stereocenters. The van der Waals surface area contributed by atoms with Gasteiger partial charge in [-0.3, -0.25) is 9.78 Å². The number of carbonyl (C=O) groups is 1. The number of benzene rings is 1. The first kappa shape index (κ1) is 28.0. The van der Waals surface area contributed by atoms with Crippen molar-refractivity contribution >= 4 is 11.6 Å². The lowest BCUT2D eigenvalue weighted by Crippen LogP contribution is -2.54. The number of aromatic nitrogens is 1. The Balaban J connectivity index is 1.13. The molecule has 2 N–H and O–H groups in total. The average molecular weight is 537 g/mol. The molecule has 4 atom stereocenters. The van der Waals surface area contributed by atoms with Crippen molar-refractivity contribution in [3.8, 4) is 0 Å². The number of ether oxygens (including phenoxy) is 3. The lowest BCUT2D eigenvalue weighted by molar-refractivity contribution is -0.0533. The molecule has 1 amide bonds. The summed E-state index contributed by atoms with van der Waals surface area (Å²) in [5.41, 5.74) is 4.92. The summed E-state index contributed by atoms with van der Waals surface area (Å²) in [5.74, 6) is 0.0174. The minimum Gasteiger partial charge on any atom is -0.382 e. The zero-order valence-corrected chi connectivity index (χ0v) is 23.7. The number of nitrogens with one attached hydrogen (secondary N) is 2. The second kappa shape index (κ2) is 13.2. The molecule has 1 aromatic heterocycles. The van der Waals surface area contributed by atoms with Gasteiger partial charge in [-0.15, -0.1) is 0 Å². The highest BCUT2D eigenvalue weighted by Gasteiger charge is 2.31. The molecule has 0 radical (unpaired) electrons. The van der Waals surface area contributed by atoms with Crippen LogP contribution in [0.5, 0.6) is 0 Å². The predicted molar refractivity (Wildman–Crippen MR) is 152 cm³/mol. The molecule has 5 rings (SSSR count). The minimum absolute atomic E-state index is 0.0174. The molecular formula is C31H44N4O4. The van der Waals surface area contributed by atoms with Crippen LogP contribution in [0.4, 0.5) is 5.69 Å². The Kier molecular flexibility index (Phi) is 9.50. The SMILES string of the molecule is COC1COCCC1NC1CCN(C(=O)c2nccc(NCC3CCCC(c4ccc(C)cc4)O3)c2C)CC1. The fourth-order valence-electron chi connectivity index (χ4n) is 6.08. The summed E-state index contributed by atoms with van der Waals surface area (Å²) in [7, 11) is 1.75. The van der Waals surface area contributed by atoms with Gasteiger partial charge in [0, 0.05) is 62.9 Å². The topological polar surface area (TPSA) is 85.0 Å². The molecule has 8 heteroatoms. The summed E-state index contributed by atoms with van der Waals surface area (Å²) in [5, 5.41) is 7.32. The normalized spacial score (nSPS) is 26.4. The van der Waals surface area contributed by atoms with E-state index in [2.05, 4.69) is 46.8 Å². The molecule has 0 saturated carbocycles. The van der Waals surface area contributed by atoms with E-state index >= 15 is 0 Å². The van der Waals surface area contributed by atoms with E-state index in [9.17, 15) is 4.79 Å². The summed E-state index contributed by atoms with van der Waals surface area (Å²) >= 11 is 0. The Hall–Kier alpha value is -2.52. The highest BCUT2D eigenvalue weighted by atomic mass is 16.5. The Labute approximate surface area is 232 Å². The van der Waals surface area contributed by atoms with Gasteiger partial charge in [0.05, 0.1) is 24.9 Å². The Morgan fingerprint density at radius 1 is 1.08 bits per heavy atom. The third kappa shape index (κ3) is 6.98. The zero-order chi connectivity index (χ0) is 27.2. The van der Waals surface area contributed by atoms with E-state index in [0.29, 0.717) is 30.9 Å². The number of anilines is 1. The van der Waals surface area contributed by atoms with Crippen LogP contribution in [-0.4, -0.2) is 80.0 Å². The molecule has 0 bridgehead atoms. The summed E-state index contributed by atoms with van der Waals surface area (Å²) in [6.07, 6.45) is 8.16. The van der Waals surface area contributed by atoms with Crippen molar-refractivity contribution in [1.29, 1.82) is 0 Å². The van der Waals surface area contributed by atoms with E-state index < -0.39 is 0 Å². The maximum Gasteiger partial charge on any atom is 0.272 e. The lowest BCUT2D eigenvalue weighted by Gasteiger charge is -2.38. The number of pyridine rings is 1. The van der Waals surface area contributed by atoms with Crippen LogP contribution in [0.3, 0.4) is 0 Å². The van der Waals surface area contributed by atoms with Crippen molar-refractivity contribution in [2.75, 3.05) is 45.3 Å². The van der Waals surface area contributed by atoms with Crippen LogP contribution in [0.25, 0.3) is 0 Å². The summed E-state index contributed by atoms with van der Waals surface area (Å²) in [6, 6.07) is 11.3. The molecule has 8 nitrogen and oxygen atoms in total. The predicted octanol–water partition coefficient (Wildman–Crippen LogP) is 4.42. The van der Waals surface area contributed by atoms with Gasteiger partial charge in [-0.1, -0.05) is 29.8 Å². The quantitative estimate of drug-likeness (QED) is 0.517. The van der Waals surface area contributed by atoms with Crippen molar-refractivity contribution in [2.24, 2.45) is 0 Å². The molecule has 3 aliphatic heterocycles. The van der Waals surface area contributed by atoms with Gasteiger partial charge in [0.1, 0.15) is 5.69 Å². The monoisotopic (exact) mass is 536 g/mol. The molecular weight excluding hydrogens is 492 g/mol. The standard InChI is InChI=1S/C31H44N4O4/c1-21-7-9-23(10-8-21)28-6-4-5-25(39-28)19-33-26-11-15-32-30(22(26)2)31(36)35-16-12-24(13-17-35)34-27-14-18-38-20-29(27)37-3/h7-11,15,24-25,27-29,34H,4-6,12-14,16-20H2,1-3H3,(H,32,33). The average Bonchev–Trinajstić information content (AvgIpc) is 2.97. The number of nitrogens with zero attached hydrogens (tertiary/aromatic N) is 2. The number of amides is 1. The number of hydrogen-bond donors (Lipinski definition) is 2. The fraction of sp³-hybridized carbons (Fsp3) is 0.613. The van der Waals surface area contributed by atoms with Gasteiger partial charge in [-0.25, -0.2) is 0 Å². The third-order valence-electron chi connectivity index (χ3n) is 8.56. The number of aryl methyl sites for hydroxylation is 1. The largest absolute Gasteiger partial charge is 0.382 e. The number of carbonyl (C=O) groups excluding carboxylic acids is 1. The maximum atomic E-state index is 13.5. The van der Waals surface area contributed by atoms with Crippen LogP contribution in [0.1, 0.15) is 71.8 Å². The molecule has 39 heavy (non-hydrogen) atoms. The second-order valence-corrected chi connectivity index (χ2v) is 11.3. The Bertz CT molecular complexity index is 1090. The zero-order valence-electron chi connectivity index (χ0n) is 23.7. The highest BCUT2D eigenvalue weighted by molar-refractivity contribution is 5.95. The highest BCUT2D eigenvalue weighted by Crippen LogP contribution is 2.32. The third-order valence-corrected chi connectivity index (χ3v) is 8.56. The van der Waals surface area contributed by atoms with Gasteiger partial charge in [0.2, 0.25) is 0 Å². The summed E-state index contributed by atoms with van der Waals surface area (Å²) < 4.78 is 17.6. The lowest BCUT2D eigenvalue weighted by atomic mass is 9.97. The van der Waals surface area contributed by atoms with Gasteiger partial charge < -0.3 is 29.7 Å². The van der Waals surface area contributed by atoms with Gasteiger partial charge in [-0.2, -0.15) is 0 Å². The van der Waals surface area contributed by atoms with E-state index in [1.165, 1.54) is 11.1 Å². The number of methoxy groups -OCH3 is 1. The van der Waals surface area contributed by atoms with Gasteiger partial charge in [0.25, 0.3) is 5.91 Å². The van der Waals surface area contributed by atoms with Crippen molar-refractivity contribution in [3.63, 3.8) is 0 Å². The molecule has 212 valence electrons. The molecule has 3 fully saturated rings. The van der Waals surface area contributed by atoms with Crippen LogP contribution in [0, 0.1) is 13.8 Å². The number of rotatable bonds is 8. The maximum absolute atomic E-state index is 13.5. The summed E-state index contributed by atoms with van der Waals surface area (Å²) in [6.45, 7) is 7.68. The van der Waals surface area contributed by atoms with Crippen LogP contribution in [0.2, 0.25) is 0 Å². The molecule has 2 aromatic rings. The Morgan fingerprint density at radius 3 is 2.64 bits per heavy atom. The van der Waals surface area contributed by atoms with Crippen molar-refractivity contribution in [1.82, 2.24) is 15.2 Å². The number of hydrogen-bond acceptors (Lipinski definition) is 7. The van der Waals surface area contributed by atoms with E-state index in [0.717, 1.165) is 69.5 Å². The van der Waals surface area contributed by atoms with E-state index in [1.807, 2.05) is 17.9 Å². The smallest absolute Gasteiger partial charge is 0.272 e. The van der Waals surface area contributed by atoms with Crippen molar-refractivity contribution in [3.05, 3.63) is 58.9 Å². The minimum atomic E-state index is 0.0174. The molecule has 4 heterocycles. The van der Waals surface area contributed by atoms with Crippen LogP contribution < -0.4 is 10.6 Å². The van der Waals surface area contributed by atoms with Gasteiger partial charge in [0.15, 0.2) is 0 Å². The molecule has 1 aromatic carbocycles. The number of likely N-dealkylation sites (tertiary alicyclic amines) is 1. The Morgan fingerprint density at radius 2 is 1.87 bits per heavy atom. The summed E-state index contributed by atoms with van der Waals surface area (Å²) in [4.78, 5) is 19.9. The second-order valence-electron chi connectivity index (χ2n) is 11.3. The van der Waals surface area contributed by atoms with Crippen LogP contribution in [-0.2, 0) is 14.2 Å². The van der Waals surface area contributed by atoms with Crippen LogP contribution >= 0.6 is 0 Å². The first-order valence-corrected chi connectivity index (χ1v) is 14.6. The van der Waals surface area contributed by atoms with Gasteiger partial charge in [-0.05, 0) is 64.0 Å². The van der Waals surface area contributed by atoms with Crippen molar-refractivity contribution < 1.29 is 19.0 Å². The van der Waals surface area contributed by atoms with Gasteiger partial charge >= 0.3 is 0 Å². The molecule has 3 saturated heterocycles. The van der Waals surface area contributed by atoms with E-state index in [4.69, 9.17) is 14.2 Å². The van der Waals surface area contributed by atoms with Crippen molar-refractivity contribution in [2.45, 2.75) is 82.8 Å². The number of piperidine rings is 1. The molecule has 3 aliphatic rings. The van der Waals surface area contributed by atoms with Crippen LogP contribution in [0.15, 0.2) is 36.5 Å². The first-order valence-electron chi connectivity index (χ1n) is 14.6. The first-order chi connectivity index (χ1) is 19.0. The van der Waals surface area contributed by atoms with E-state index in [-0.39, 0.29) is 24.2 Å². The molecule has 0 aliphatic carbocycles. The fourth-order valence-corrected chi connectivity index (χ4v) is 6.08. The van der Waals surface area contributed by atoms with E-state index in [1.54, 1.807) is 13.3 Å².